The van der Waals surface area contributed by atoms with Crippen LogP contribution >= 0.6 is 11.6 Å². The van der Waals surface area contributed by atoms with Crippen LogP contribution in [0, 0.1) is 5.82 Å². The van der Waals surface area contributed by atoms with E-state index in [9.17, 15) is 9.18 Å². The van der Waals surface area contributed by atoms with E-state index in [0.717, 1.165) is 11.6 Å². The Morgan fingerprint density at radius 1 is 1.24 bits per heavy atom. The first-order chi connectivity index (χ1) is 10.0. The van der Waals surface area contributed by atoms with Gasteiger partial charge < -0.3 is 10.6 Å². The standard InChI is InChI=1S/C16H16ClFN2O/c1-2-20(10-11-3-6-13(19)7-4-11)16(21)14-8-5-12(17)9-15(14)18/h3-9H,2,10,19H2,1H3. The fourth-order valence-corrected chi connectivity index (χ4v) is 2.16. The maximum atomic E-state index is 13.8. The second-order valence-corrected chi connectivity index (χ2v) is 5.12. The van der Waals surface area contributed by atoms with Crippen LogP contribution in [-0.4, -0.2) is 17.4 Å². The van der Waals surface area contributed by atoms with Crippen LogP contribution in [0.3, 0.4) is 0 Å². The summed E-state index contributed by atoms with van der Waals surface area (Å²) in [5, 5.41) is 0.269. The maximum absolute atomic E-state index is 13.8. The molecule has 2 N–H and O–H groups in total. The maximum Gasteiger partial charge on any atom is 0.257 e. The number of hydrogen-bond donors (Lipinski definition) is 1. The summed E-state index contributed by atoms with van der Waals surface area (Å²) in [6.45, 7) is 2.73. The highest BCUT2D eigenvalue weighted by Gasteiger charge is 2.18. The molecule has 0 saturated carbocycles. The zero-order valence-electron chi connectivity index (χ0n) is 11.6. The second-order valence-electron chi connectivity index (χ2n) is 4.69. The van der Waals surface area contributed by atoms with Crippen LogP contribution in [0.2, 0.25) is 5.02 Å². The van der Waals surface area contributed by atoms with Crippen molar-refractivity contribution >= 4 is 23.2 Å². The minimum absolute atomic E-state index is 0.0247. The smallest absolute Gasteiger partial charge is 0.257 e. The van der Waals surface area contributed by atoms with E-state index in [-0.39, 0.29) is 16.5 Å². The van der Waals surface area contributed by atoms with E-state index in [2.05, 4.69) is 0 Å². The molecule has 110 valence electrons. The number of amides is 1. The quantitative estimate of drug-likeness (QED) is 0.875. The number of hydrogen-bond acceptors (Lipinski definition) is 2. The van der Waals surface area contributed by atoms with Crippen molar-refractivity contribution in [2.75, 3.05) is 12.3 Å². The van der Waals surface area contributed by atoms with Crippen molar-refractivity contribution in [2.45, 2.75) is 13.5 Å². The predicted octanol–water partition coefficient (Wildman–Crippen LogP) is 3.72. The lowest BCUT2D eigenvalue weighted by atomic mass is 10.1. The molecular weight excluding hydrogens is 291 g/mol. The lowest BCUT2D eigenvalue weighted by Gasteiger charge is -2.21. The van der Waals surface area contributed by atoms with Gasteiger partial charge in [0.05, 0.1) is 5.56 Å². The number of nitrogens with two attached hydrogens (primary N) is 1. The third kappa shape index (κ3) is 3.73. The first-order valence-corrected chi connectivity index (χ1v) is 6.97. The highest BCUT2D eigenvalue weighted by molar-refractivity contribution is 6.30. The molecule has 0 aliphatic carbocycles. The largest absolute Gasteiger partial charge is 0.399 e. The van der Waals surface area contributed by atoms with Gasteiger partial charge in [0, 0.05) is 23.8 Å². The first kappa shape index (κ1) is 15.3. The molecule has 0 heterocycles. The van der Waals surface area contributed by atoms with Crippen LogP contribution in [0.4, 0.5) is 10.1 Å². The third-order valence-corrected chi connectivity index (χ3v) is 3.42. The van der Waals surface area contributed by atoms with Gasteiger partial charge in [-0.25, -0.2) is 4.39 Å². The van der Waals surface area contributed by atoms with Crippen LogP contribution in [0.25, 0.3) is 0 Å². The van der Waals surface area contributed by atoms with E-state index in [4.69, 9.17) is 17.3 Å². The summed E-state index contributed by atoms with van der Waals surface area (Å²) in [6, 6.07) is 11.3. The molecular formula is C16H16ClFN2O. The summed E-state index contributed by atoms with van der Waals surface area (Å²) in [7, 11) is 0. The Labute approximate surface area is 128 Å². The third-order valence-electron chi connectivity index (χ3n) is 3.18. The van der Waals surface area contributed by atoms with Crippen LogP contribution in [-0.2, 0) is 6.54 Å². The number of rotatable bonds is 4. The zero-order chi connectivity index (χ0) is 15.4. The SMILES string of the molecule is CCN(Cc1ccc(N)cc1)C(=O)c1ccc(Cl)cc1F. The molecule has 0 radical (unpaired) electrons. The average Bonchev–Trinajstić information content (AvgIpc) is 2.46. The molecule has 0 bridgehead atoms. The monoisotopic (exact) mass is 306 g/mol. The molecule has 0 fully saturated rings. The molecule has 0 unspecified atom stereocenters. The van der Waals surface area contributed by atoms with Crippen LogP contribution in [0.1, 0.15) is 22.8 Å². The van der Waals surface area contributed by atoms with Crippen LogP contribution in [0.5, 0.6) is 0 Å². The van der Waals surface area contributed by atoms with Crippen molar-refractivity contribution in [3.8, 4) is 0 Å². The van der Waals surface area contributed by atoms with E-state index in [1.165, 1.54) is 12.1 Å². The van der Waals surface area contributed by atoms with Crippen molar-refractivity contribution in [1.29, 1.82) is 0 Å². The number of carbonyl (C=O) groups is 1. The zero-order valence-corrected chi connectivity index (χ0v) is 12.4. The highest BCUT2D eigenvalue weighted by atomic mass is 35.5. The number of nitrogen functional groups attached to an aromatic ring is 1. The van der Waals surface area contributed by atoms with Gasteiger partial charge in [0.15, 0.2) is 0 Å². The van der Waals surface area contributed by atoms with E-state index < -0.39 is 5.82 Å². The van der Waals surface area contributed by atoms with Gasteiger partial charge in [-0.15, -0.1) is 0 Å². The van der Waals surface area contributed by atoms with Gasteiger partial charge in [-0.2, -0.15) is 0 Å². The molecule has 0 aromatic heterocycles. The van der Waals surface area contributed by atoms with E-state index >= 15 is 0 Å². The summed E-state index contributed by atoms with van der Waals surface area (Å²) < 4.78 is 13.8. The van der Waals surface area contributed by atoms with Gasteiger partial charge >= 0.3 is 0 Å². The molecule has 0 atom stereocenters. The Bertz CT molecular complexity index is 643. The first-order valence-electron chi connectivity index (χ1n) is 6.60. The summed E-state index contributed by atoms with van der Waals surface area (Å²) >= 11 is 5.70. The summed E-state index contributed by atoms with van der Waals surface area (Å²) in [5.74, 6) is -0.966. The Hall–Kier alpha value is -2.07. The lowest BCUT2D eigenvalue weighted by Crippen LogP contribution is -2.31. The Morgan fingerprint density at radius 3 is 2.48 bits per heavy atom. The molecule has 0 saturated heterocycles. The van der Waals surface area contributed by atoms with Gasteiger partial charge in [0.1, 0.15) is 5.82 Å². The fraction of sp³-hybridized carbons (Fsp3) is 0.188. The Morgan fingerprint density at radius 2 is 1.90 bits per heavy atom. The van der Waals surface area contributed by atoms with Crippen molar-refractivity contribution in [3.05, 3.63) is 64.4 Å². The molecule has 2 aromatic rings. The molecule has 5 heteroatoms. The molecule has 2 aromatic carbocycles. The average molecular weight is 307 g/mol. The summed E-state index contributed by atoms with van der Waals surface area (Å²) in [4.78, 5) is 14.0. The van der Waals surface area contributed by atoms with Crippen LogP contribution in [0.15, 0.2) is 42.5 Å². The van der Waals surface area contributed by atoms with Gasteiger partial charge in [-0.05, 0) is 42.8 Å². The predicted molar refractivity (Wildman–Crippen MR) is 82.7 cm³/mol. The normalized spacial score (nSPS) is 10.4. The van der Waals surface area contributed by atoms with Gasteiger partial charge in [0.2, 0.25) is 0 Å². The molecule has 2 rings (SSSR count). The summed E-state index contributed by atoms with van der Waals surface area (Å²) in [5.41, 5.74) is 7.26. The molecule has 3 nitrogen and oxygen atoms in total. The molecule has 1 amide bonds. The van der Waals surface area contributed by atoms with E-state index in [0.29, 0.717) is 18.8 Å². The highest BCUT2D eigenvalue weighted by Crippen LogP contribution is 2.18. The van der Waals surface area contributed by atoms with Crippen LogP contribution < -0.4 is 5.73 Å². The fourth-order valence-electron chi connectivity index (χ4n) is 2.00. The second kappa shape index (κ2) is 6.59. The van der Waals surface area contributed by atoms with Crippen molar-refractivity contribution in [2.24, 2.45) is 0 Å². The topological polar surface area (TPSA) is 46.3 Å². The van der Waals surface area contributed by atoms with Gasteiger partial charge in [0.25, 0.3) is 5.91 Å². The summed E-state index contributed by atoms with van der Waals surface area (Å²) in [6.07, 6.45) is 0. The number of halogens is 2. The minimum Gasteiger partial charge on any atom is -0.399 e. The lowest BCUT2D eigenvalue weighted by molar-refractivity contribution is 0.0748. The Balaban J connectivity index is 2.20. The van der Waals surface area contributed by atoms with Crippen molar-refractivity contribution in [1.82, 2.24) is 4.90 Å². The number of carbonyl (C=O) groups excluding carboxylic acids is 1. The van der Waals surface area contributed by atoms with Gasteiger partial charge in [-0.3, -0.25) is 4.79 Å². The molecule has 21 heavy (non-hydrogen) atoms. The van der Waals surface area contributed by atoms with Crippen molar-refractivity contribution < 1.29 is 9.18 Å². The Kier molecular flexibility index (Phi) is 4.81. The van der Waals surface area contributed by atoms with E-state index in [1.54, 1.807) is 17.0 Å². The minimum atomic E-state index is -0.608. The number of anilines is 1. The number of benzene rings is 2. The van der Waals surface area contributed by atoms with Gasteiger partial charge in [-0.1, -0.05) is 23.7 Å². The molecule has 0 aliphatic rings. The molecule has 0 spiro atoms. The van der Waals surface area contributed by atoms with Crippen molar-refractivity contribution in [3.63, 3.8) is 0 Å². The number of nitrogens with zero attached hydrogens (tertiary/aromatic N) is 1. The molecule has 0 aliphatic heterocycles. The van der Waals surface area contributed by atoms with E-state index in [1.807, 2.05) is 19.1 Å².